The summed E-state index contributed by atoms with van der Waals surface area (Å²) in [6.07, 6.45) is 1.40. The van der Waals surface area contributed by atoms with Gasteiger partial charge in [-0.2, -0.15) is 13.5 Å². The number of halogens is 1. The fourth-order valence-electron chi connectivity index (χ4n) is 1.60. The maximum absolute atomic E-state index is 12.2. The Morgan fingerprint density at radius 2 is 2.21 bits per heavy atom. The van der Waals surface area contributed by atoms with E-state index in [0.29, 0.717) is 15.7 Å². The molecular weight excluding hydrogens is 332 g/mol. The summed E-state index contributed by atoms with van der Waals surface area (Å²) in [4.78, 5) is 0. The number of hydrogen-bond acceptors (Lipinski definition) is 4. The molecule has 0 unspecified atom stereocenters. The Morgan fingerprint density at radius 1 is 1.47 bits per heavy atom. The Hall–Kier alpha value is -1.38. The molecule has 2 aromatic rings. The van der Waals surface area contributed by atoms with Crippen LogP contribution in [-0.4, -0.2) is 18.6 Å². The van der Waals surface area contributed by atoms with Crippen LogP contribution in [-0.2, 0) is 16.6 Å². The molecule has 0 saturated carbocycles. The second-order valence-corrected chi connectivity index (χ2v) is 6.38. The number of aromatic nitrogens is 2. The van der Waals surface area contributed by atoms with Gasteiger partial charge in [-0.05, 0) is 34.5 Å². The van der Waals surface area contributed by atoms with Crippen LogP contribution < -0.4 is 10.5 Å². The molecule has 0 spiro atoms. The van der Waals surface area contributed by atoms with Crippen molar-refractivity contribution in [2.75, 3.05) is 4.72 Å². The minimum absolute atomic E-state index is 0.0107. The van der Waals surface area contributed by atoms with E-state index in [2.05, 4.69) is 30.8 Å². The Bertz CT molecular complexity index is 696. The van der Waals surface area contributed by atoms with Gasteiger partial charge in [0.15, 0.2) is 5.03 Å². The summed E-state index contributed by atoms with van der Waals surface area (Å²) < 4.78 is 27.7. The van der Waals surface area contributed by atoms with Crippen molar-refractivity contribution in [3.63, 3.8) is 0 Å². The molecule has 2 rings (SSSR count). The average Bonchev–Trinajstić information content (AvgIpc) is 2.84. The molecule has 4 N–H and O–H groups in total. The van der Waals surface area contributed by atoms with Crippen molar-refractivity contribution in [2.45, 2.75) is 18.5 Å². The Labute approximate surface area is 119 Å². The first-order valence-corrected chi connectivity index (χ1v) is 7.73. The van der Waals surface area contributed by atoms with Gasteiger partial charge in [-0.1, -0.05) is 12.1 Å². The van der Waals surface area contributed by atoms with Gasteiger partial charge in [-0.3, -0.25) is 9.82 Å². The van der Waals surface area contributed by atoms with Gasteiger partial charge in [0.05, 0.1) is 11.9 Å². The zero-order valence-corrected chi connectivity index (χ0v) is 12.5. The molecule has 1 heterocycles. The monoisotopic (exact) mass is 344 g/mol. The molecule has 1 aromatic heterocycles. The summed E-state index contributed by atoms with van der Waals surface area (Å²) in [5, 5.41) is 6.15. The number of aryl methyl sites for hydroxylation is 1. The maximum atomic E-state index is 12.2. The summed E-state index contributed by atoms with van der Waals surface area (Å²) >= 11 is 3.35. The molecule has 0 aliphatic rings. The number of nitrogens with two attached hydrogens (primary N) is 1. The first kappa shape index (κ1) is 14.0. The molecule has 1 aromatic carbocycles. The third-order valence-corrected chi connectivity index (χ3v) is 5.04. The zero-order chi connectivity index (χ0) is 14.0. The fraction of sp³-hybridized carbons (Fsp3) is 0.182. The van der Waals surface area contributed by atoms with Gasteiger partial charge in [-0.15, -0.1) is 0 Å². The molecular formula is C11H13BrN4O2S. The third kappa shape index (κ3) is 2.80. The van der Waals surface area contributed by atoms with E-state index in [-0.39, 0.29) is 11.6 Å². The second kappa shape index (κ2) is 5.32. The van der Waals surface area contributed by atoms with Gasteiger partial charge in [0, 0.05) is 16.6 Å². The van der Waals surface area contributed by atoms with Gasteiger partial charge in [0.25, 0.3) is 10.0 Å². The molecule has 19 heavy (non-hydrogen) atoms. The van der Waals surface area contributed by atoms with Crippen LogP contribution in [0.1, 0.15) is 11.1 Å². The lowest BCUT2D eigenvalue weighted by atomic mass is 10.2. The van der Waals surface area contributed by atoms with Crippen LogP contribution in [0.2, 0.25) is 0 Å². The summed E-state index contributed by atoms with van der Waals surface area (Å²) in [6.45, 7) is 1.98. The molecule has 0 amide bonds. The van der Waals surface area contributed by atoms with E-state index in [1.807, 2.05) is 13.0 Å². The molecule has 0 atom stereocenters. The van der Waals surface area contributed by atoms with Crippen LogP contribution in [0.3, 0.4) is 0 Å². The van der Waals surface area contributed by atoms with E-state index >= 15 is 0 Å². The number of benzene rings is 1. The number of aromatic amines is 1. The highest BCUT2D eigenvalue weighted by atomic mass is 79.9. The van der Waals surface area contributed by atoms with Crippen molar-refractivity contribution in [1.82, 2.24) is 10.2 Å². The van der Waals surface area contributed by atoms with Crippen LogP contribution >= 0.6 is 15.9 Å². The molecule has 0 aliphatic heterocycles. The van der Waals surface area contributed by atoms with Crippen LogP contribution in [0.4, 0.5) is 5.69 Å². The van der Waals surface area contributed by atoms with Crippen LogP contribution in [0.25, 0.3) is 0 Å². The van der Waals surface area contributed by atoms with E-state index in [4.69, 9.17) is 5.73 Å². The van der Waals surface area contributed by atoms with E-state index in [9.17, 15) is 8.42 Å². The normalized spacial score (nSPS) is 11.5. The molecule has 0 radical (unpaired) electrons. The SMILES string of the molecule is Cc1cccc(NS(=O)(=O)c2[nH]ncc2CN)c1Br. The number of nitrogens with one attached hydrogen (secondary N) is 2. The molecule has 0 saturated heterocycles. The van der Waals surface area contributed by atoms with Gasteiger partial charge in [-0.25, -0.2) is 0 Å². The predicted octanol–water partition coefficient (Wildman–Crippen LogP) is 1.74. The topological polar surface area (TPSA) is 101 Å². The summed E-state index contributed by atoms with van der Waals surface area (Å²) in [6, 6.07) is 5.32. The number of nitrogens with zero attached hydrogens (tertiary/aromatic N) is 1. The van der Waals surface area contributed by atoms with Gasteiger partial charge >= 0.3 is 0 Å². The highest BCUT2D eigenvalue weighted by molar-refractivity contribution is 9.10. The molecule has 8 heteroatoms. The van der Waals surface area contributed by atoms with Crippen molar-refractivity contribution in [1.29, 1.82) is 0 Å². The number of sulfonamides is 1. The minimum atomic E-state index is -3.73. The van der Waals surface area contributed by atoms with Crippen molar-refractivity contribution in [2.24, 2.45) is 5.73 Å². The first-order chi connectivity index (χ1) is 8.95. The molecule has 0 bridgehead atoms. The Kier molecular flexibility index (Phi) is 3.93. The zero-order valence-electron chi connectivity index (χ0n) is 10.1. The van der Waals surface area contributed by atoms with E-state index in [1.54, 1.807) is 12.1 Å². The van der Waals surface area contributed by atoms with Crippen molar-refractivity contribution >= 4 is 31.6 Å². The number of hydrogen-bond donors (Lipinski definition) is 3. The van der Waals surface area contributed by atoms with E-state index < -0.39 is 10.0 Å². The quantitative estimate of drug-likeness (QED) is 0.786. The van der Waals surface area contributed by atoms with E-state index in [0.717, 1.165) is 5.56 Å². The molecule has 102 valence electrons. The number of rotatable bonds is 4. The van der Waals surface area contributed by atoms with Gasteiger partial charge in [0.1, 0.15) is 0 Å². The van der Waals surface area contributed by atoms with Gasteiger partial charge < -0.3 is 5.73 Å². The first-order valence-electron chi connectivity index (χ1n) is 5.46. The lowest BCUT2D eigenvalue weighted by Gasteiger charge is -2.10. The van der Waals surface area contributed by atoms with Crippen LogP contribution in [0.15, 0.2) is 33.9 Å². The summed E-state index contributed by atoms with van der Waals surface area (Å²) in [5.74, 6) is 0. The summed E-state index contributed by atoms with van der Waals surface area (Å²) in [5.41, 5.74) is 7.32. The van der Waals surface area contributed by atoms with Gasteiger partial charge in [0.2, 0.25) is 0 Å². The third-order valence-electron chi connectivity index (χ3n) is 2.60. The van der Waals surface area contributed by atoms with Crippen LogP contribution in [0, 0.1) is 6.92 Å². The Balaban J connectivity index is 2.40. The summed E-state index contributed by atoms with van der Waals surface area (Å²) in [7, 11) is -3.73. The molecule has 0 aliphatic carbocycles. The minimum Gasteiger partial charge on any atom is -0.326 e. The highest BCUT2D eigenvalue weighted by Gasteiger charge is 2.21. The van der Waals surface area contributed by atoms with E-state index in [1.165, 1.54) is 6.20 Å². The molecule has 6 nitrogen and oxygen atoms in total. The average molecular weight is 345 g/mol. The Morgan fingerprint density at radius 3 is 2.89 bits per heavy atom. The fourth-order valence-corrected chi connectivity index (χ4v) is 3.31. The second-order valence-electron chi connectivity index (χ2n) is 3.97. The lowest BCUT2D eigenvalue weighted by molar-refractivity contribution is 0.596. The lowest BCUT2D eigenvalue weighted by Crippen LogP contribution is -2.16. The smallest absolute Gasteiger partial charge is 0.279 e. The largest absolute Gasteiger partial charge is 0.326 e. The standard InChI is InChI=1S/C11H13BrN4O2S/c1-7-3-2-4-9(10(7)12)16-19(17,18)11-8(5-13)6-14-15-11/h2-4,6,16H,5,13H2,1H3,(H,14,15). The van der Waals surface area contributed by atoms with Crippen molar-refractivity contribution in [3.8, 4) is 0 Å². The van der Waals surface area contributed by atoms with Crippen LogP contribution in [0.5, 0.6) is 0 Å². The number of H-pyrrole nitrogens is 1. The predicted molar refractivity (Wildman–Crippen MR) is 76.2 cm³/mol. The van der Waals surface area contributed by atoms with Crippen molar-refractivity contribution in [3.05, 3.63) is 40.0 Å². The highest BCUT2D eigenvalue weighted by Crippen LogP contribution is 2.28. The maximum Gasteiger partial charge on any atom is 0.279 e. The van der Waals surface area contributed by atoms with Crippen molar-refractivity contribution < 1.29 is 8.42 Å². The molecule has 0 fully saturated rings. The number of anilines is 1.